The molecule has 3 heterocycles. The second-order valence-corrected chi connectivity index (χ2v) is 13.8. The third kappa shape index (κ3) is 8.93. The monoisotopic (exact) mass is 566 g/mol. The van der Waals surface area contributed by atoms with E-state index in [-0.39, 0.29) is 44.0 Å². The van der Waals surface area contributed by atoms with Crippen LogP contribution in [0.15, 0.2) is 0 Å². The van der Waals surface area contributed by atoms with Crippen molar-refractivity contribution in [2.75, 3.05) is 37.9 Å². The lowest BCUT2D eigenvalue weighted by Crippen LogP contribution is -2.28. The summed E-state index contributed by atoms with van der Waals surface area (Å²) in [5, 5.41) is 0. The van der Waals surface area contributed by atoms with Gasteiger partial charge in [0.2, 0.25) is 0 Å². The van der Waals surface area contributed by atoms with Crippen LogP contribution in [0.1, 0.15) is 19.3 Å². The van der Waals surface area contributed by atoms with Gasteiger partial charge in [-0.1, -0.05) is 0 Å². The van der Waals surface area contributed by atoms with Gasteiger partial charge in [-0.15, -0.1) is 0 Å². The van der Waals surface area contributed by atoms with Crippen molar-refractivity contribution in [3.63, 3.8) is 0 Å². The predicted molar refractivity (Wildman–Crippen MR) is 128 cm³/mol. The fourth-order valence-electron chi connectivity index (χ4n) is 3.81. The van der Waals surface area contributed by atoms with Crippen LogP contribution in [-0.2, 0) is 41.1 Å². The Morgan fingerprint density at radius 2 is 1.76 bits per heavy atom. The van der Waals surface area contributed by atoms with Gasteiger partial charge in [0.25, 0.3) is 0 Å². The fraction of sp³-hybridized carbons (Fsp3) is 1.00. The maximum absolute atomic E-state index is 12.6. The van der Waals surface area contributed by atoms with Gasteiger partial charge >= 0.3 is 14.6 Å². The van der Waals surface area contributed by atoms with Gasteiger partial charge in [-0.05, 0) is 48.8 Å². The first-order valence-corrected chi connectivity index (χ1v) is 16.1. The second kappa shape index (κ2) is 13.1. The first-order chi connectivity index (χ1) is 15.6. The van der Waals surface area contributed by atoms with Crippen molar-refractivity contribution in [1.29, 1.82) is 0 Å². The van der Waals surface area contributed by atoms with Crippen molar-refractivity contribution in [3.05, 3.63) is 0 Å². The van der Waals surface area contributed by atoms with Gasteiger partial charge in [-0.25, -0.2) is 9.13 Å². The molecule has 3 aliphatic rings. The Bertz CT molecular complexity index is 725. The topological polar surface area (TPSA) is 139 Å². The summed E-state index contributed by atoms with van der Waals surface area (Å²) in [6, 6.07) is -0.638. The number of hydrogen-bond acceptors (Lipinski definition) is 12. The number of ether oxygens (including phenoxy) is 3. The molecule has 0 aliphatic carbocycles. The van der Waals surface area contributed by atoms with Crippen LogP contribution in [-0.4, -0.2) is 92.1 Å². The lowest BCUT2D eigenvalue weighted by molar-refractivity contribution is 0.0140. The van der Waals surface area contributed by atoms with Crippen LogP contribution in [0.25, 0.3) is 0 Å². The van der Waals surface area contributed by atoms with Gasteiger partial charge < -0.3 is 28.2 Å². The quantitative estimate of drug-likeness (QED) is 0.112. The molecule has 0 aromatic rings. The highest BCUT2D eigenvalue weighted by atomic mass is 32.7. The molecule has 2 radical (unpaired) electrons. The number of phosphoric acid groups is 1. The predicted octanol–water partition coefficient (Wildman–Crippen LogP) is 1.98. The summed E-state index contributed by atoms with van der Waals surface area (Å²) in [6.07, 6.45) is -1.79. The van der Waals surface area contributed by atoms with Crippen molar-refractivity contribution in [2.45, 2.75) is 55.8 Å². The maximum Gasteiger partial charge on any atom is 0.472 e. The second-order valence-electron chi connectivity index (χ2n) is 7.90. The van der Waals surface area contributed by atoms with Crippen LogP contribution >= 0.6 is 51.5 Å². The molecule has 0 aromatic heterocycles. The standard InChI is InChI=1S/C16H29BO11P2S3/c17-16-5-12(14(26-16)7-25-32)28-30(20,21)33-9-15-11(2-4-23-15)27-29(18,19)24-6-13-10(8-31)1-3-22-13/h10-16,31-32H,1-9H2,(H,18,19)(H,20,21). The molecule has 33 heavy (non-hydrogen) atoms. The molecule has 3 fully saturated rings. The molecular formula is C16H29BO11P2S3. The number of rotatable bonds is 13. The maximum atomic E-state index is 12.6. The summed E-state index contributed by atoms with van der Waals surface area (Å²) >= 11 is 8.56. The van der Waals surface area contributed by atoms with Gasteiger partial charge in [0.1, 0.15) is 14.0 Å². The third-order valence-electron chi connectivity index (χ3n) is 5.54. The highest BCUT2D eigenvalue weighted by Crippen LogP contribution is 2.58. The van der Waals surface area contributed by atoms with E-state index in [2.05, 4.69) is 25.5 Å². The minimum absolute atomic E-state index is 0.000721. The largest absolute Gasteiger partial charge is 0.472 e. The summed E-state index contributed by atoms with van der Waals surface area (Å²) in [6.45, 7) is -3.34. The molecule has 0 bridgehead atoms. The van der Waals surface area contributed by atoms with E-state index in [1.54, 1.807) is 0 Å². The van der Waals surface area contributed by atoms with Gasteiger partial charge in [0.15, 0.2) is 0 Å². The van der Waals surface area contributed by atoms with E-state index in [0.29, 0.717) is 30.2 Å². The molecule has 9 unspecified atom stereocenters. The van der Waals surface area contributed by atoms with Crippen molar-refractivity contribution >= 4 is 59.4 Å². The molecule has 9 atom stereocenters. The van der Waals surface area contributed by atoms with Gasteiger partial charge in [-0.2, -0.15) is 12.6 Å². The van der Waals surface area contributed by atoms with Crippen molar-refractivity contribution in [1.82, 2.24) is 0 Å². The summed E-state index contributed by atoms with van der Waals surface area (Å²) in [5.41, 5.74) is 0. The van der Waals surface area contributed by atoms with Crippen LogP contribution in [0.2, 0.25) is 0 Å². The Morgan fingerprint density at radius 1 is 1.03 bits per heavy atom. The normalized spacial score (nSPS) is 38.4. The minimum atomic E-state index is -4.39. The summed E-state index contributed by atoms with van der Waals surface area (Å²) in [5.74, 6) is 0.731. The molecule has 0 saturated carbocycles. The average molecular weight is 566 g/mol. The van der Waals surface area contributed by atoms with Crippen LogP contribution in [0.3, 0.4) is 0 Å². The molecule has 3 aliphatic heterocycles. The van der Waals surface area contributed by atoms with E-state index in [9.17, 15) is 18.9 Å². The van der Waals surface area contributed by atoms with E-state index in [1.807, 2.05) is 0 Å². The van der Waals surface area contributed by atoms with Crippen molar-refractivity contribution in [2.24, 2.45) is 5.92 Å². The Morgan fingerprint density at radius 3 is 2.48 bits per heavy atom. The first-order valence-electron chi connectivity index (χ1n) is 10.5. The molecule has 11 nitrogen and oxygen atoms in total. The SMILES string of the molecule is [B]C1CC(OP(=O)(O)SCC2OCCC2OP(=O)(O)OCC2OCCC2CS)C(COS)O1. The van der Waals surface area contributed by atoms with Crippen LogP contribution in [0, 0.1) is 5.92 Å². The zero-order valence-corrected chi connectivity index (χ0v) is 22.1. The zero-order valence-electron chi connectivity index (χ0n) is 17.7. The van der Waals surface area contributed by atoms with Crippen molar-refractivity contribution < 1.29 is 50.9 Å². The number of thiol groups is 2. The Balaban J connectivity index is 1.46. The van der Waals surface area contributed by atoms with Crippen LogP contribution in [0.5, 0.6) is 0 Å². The molecule has 0 spiro atoms. The smallest absolute Gasteiger partial charge is 0.379 e. The van der Waals surface area contributed by atoms with E-state index in [0.717, 1.165) is 6.42 Å². The van der Waals surface area contributed by atoms with E-state index < -0.39 is 45.0 Å². The lowest BCUT2D eigenvalue weighted by Gasteiger charge is -2.24. The minimum Gasteiger partial charge on any atom is -0.379 e. The molecule has 3 saturated heterocycles. The summed E-state index contributed by atoms with van der Waals surface area (Å²) in [4.78, 5) is 20.4. The van der Waals surface area contributed by atoms with E-state index >= 15 is 0 Å². The van der Waals surface area contributed by atoms with Crippen LogP contribution in [0.4, 0.5) is 0 Å². The first kappa shape index (κ1) is 28.8. The number of hydrogen-bond donors (Lipinski definition) is 4. The van der Waals surface area contributed by atoms with Gasteiger partial charge in [0, 0.05) is 31.4 Å². The molecule has 3 rings (SSSR count). The lowest BCUT2D eigenvalue weighted by atomic mass is 9.96. The highest BCUT2D eigenvalue weighted by molar-refractivity contribution is 8.54. The molecule has 0 aromatic carbocycles. The highest BCUT2D eigenvalue weighted by Gasteiger charge is 2.41. The molecule has 190 valence electrons. The van der Waals surface area contributed by atoms with Gasteiger partial charge in [0.05, 0.1) is 37.6 Å². The fourth-order valence-corrected chi connectivity index (χ4v) is 8.14. The Labute approximate surface area is 209 Å². The number of phosphoric ester groups is 1. The van der Waals surface area contributed by atoms with Crippen molar-refractivity contribution in [3.8, 4) is 0 Å². The molecule has 17 heteroatoms. The molecular weight excluding hydrogens is 537 g/mol. The Hall–Kier alpha value is 1.21. The van der Waals surface area contributed by atoms with Crippen LogP contribution < -0.4 is 0 Å². The third-order valence-corrected chi connectivity index (χ3v) is 10.2. The zero-order chi connectivity index (χ0) is 24.1. The van der Waals surface area contributed by atoms with Gasteiger partial charge in [-0.3, -0.25) is 13.6 Å². The van der Waals surface area contributed by atoms with E-state index in [1.165, 1.54) is 0 Å². The molecule has 0 amide bonds. The average Bonchev–Trinajstić information content (AvgIpc) is 3.45. The summed E-state index contributed by atoms with van der Waals surface area (Å²) in [7, 11) is 1.34. The van der Waals surface area contributed by atoms with E-state index in [4.69, 9.17) is 39.8 Å². The Kier molecular flexibility index (Phi) is 11.5. The molecule has 2 N–H and O–H groups in total. The summed E-state index contributed by atoms with van der Waals surface area (Å²) < 4.78 is 62.0.